The fraction of sp³-hybridized carbons (Fsp3) is 0.444. The van der Waals surface area contributed by atoms with Crippen LogP contribution in [0.5, 0.6) is 0 Å². The molecule has 13 heavy (non-hydrogen) atoms. The minimum Gasteiger partial charge on any atom is -0.472 e. The van der Waals surface area contributed by atoms with Crippen LogP contribution in [0.2, 0.25) is 0 Å². The molecule has 1 aromatic rings. The predicted molar refractivity (Wildman–Crippen MR) is 45.4 cm³/mol. The maximum Gasteiger partial charge on any atom is 0.153 e. The second kappa shape index (κ2) is 3.32. The van der Waals surface area contributed by atoms with Gasteiger partial charge in [-0.2, -0.15) is 0 Å². The number of carbonyl (C=O) groups is 1. The third-order valence-electron chi connectivity index (χ3n) is 2.23. The molecule has 1 fully saturated rings. The molecule has 0 amide bonds. The lowest BCUT2D eigenvalue weighted by atomic mass is 10.1. The summed E-state index contributed by atoms with van der Waals surface area (Å²) in [6.45, 7) is 2.05. The first kappa shape index (κ1) is 8.47. The molecule has 2 heterocycles. The van der Waals surface area contributed by atoms with Crippen molar-refractivity contribution in [1.29, 1.82) is 0 Å². The lowest BCUT2D eigenvalue weighted by Crippen LogP contribution is -2.49. The summed E-state index contributed by atoms with van der Waals surface area (Å²) in [6.07, 6.45) is 3.61. The van der Waals surface area contributed by atoms with E-state index in [4.69, 9.17) is 9.52 Å². The van der Waals surface area contributed by atoms with Crippen molar-refractivity contribution < 1.29 is 14.3 Å². The van der Waals surface area contributed by atoms with E-state index in [1.807, 2.05) is 0 Å². The molecule has 4 nitrogen and oxygen atoms in total. The van der Waals surface area contributed by atoms with E-state index in [9.17, 15) is 4.79 Å². The number of β-amino-alcohol motifs (C(OH)–C–C–N with tert-alkyl or cyclic N) is 1. The van der Waals surface area contributed by atoms with Gasteiger partial charge in [0.25, 0.3) is 0 Å². The van der Waals surface area contributed by atoms with Crippen molar-refractivity contribution in [2.24, 2.45) is 0 Å². The standard InChI is InChI=1S/C9H11NO3/c11-4-8-6-13-5-7(8)1-10-2-9(12)3-10/h4-6,9,12H,1-3H2. The molecule has 1 saturated heterocycles. The largest absolute Gasteiger partial charge is 0.472 e. The van der Waals surface area contributed by atoms with Crippen LogP contribution < -0.4 is 0 Å². The second-order valence-electron chi connectivity index (χ2n) is 3.32. The fourth-order valence-corrected chi connectivity index (χ4v) is 1.48. The normalized spacial score (nSPS) is 18.5. The van der Waals surface area contributed by atoms with Gasteiger partial charge in [-0.1, -0.05) is 0 Å². The monoisotopic (exact) mass is 181 g/mol. The van der Waals surface area contributed by atoms with Gasteiger partial charge in [0.15, 0.2) is 6.29 Å². The molecule has 1 aliphatic heterocycles. The minimum absolute atomic E-state index is 0.202. The van der Waals surface area contributed by atoms with Crippen molar-refractivity contribution in [2.45, 2.75) is 12.6 Å². The molecular weight excluding hydrogens is 170 g/mol. The Bertz CT molecular complexity index is 302. The van der Waals surface area contributed by atoms with E-state index < -0.39 is 0 Å². The lowest BCUT2D eigenvalue weighted by Gasteiger charge is -2.35. The average molecular weight is 181 g/mol. The molecule has 0 aliphatic carbocycles. The van der Waals surface area contributed by atoms with Crippen LogP contribution in [0.25, 0.3) is 0 Å². The molecule has 4 heteroatoms. The summed E-state index contributed by atoms with van der Waals surface area (Å²) in [5.41, 5.74) is 1.49. The number of hydrogen-bond donors (Lipinski definition) is 1. The molecule has 0 atom stereocenters. The lowest BCUT2D eigenvalue weighted by molar-refractivity contribution is -0.00301. The Morgan fingerprint density at radius 2 is 2.38 bits per heavy atom. The number of furan rings is 1. The average Bonchev–Trinajstić information content (AvgIpc) is 2.49. The topological polar surface area (TPSA) is 53.7 Å². The predicted octanol–water partition coefficient (Wildman–Crippen LogP) is 0.269. The number of hydrogen-bond acceptors (Lipinski definition) is 4. The summed E-state index contributed by atoms with van der Waals surface area (Å²) in [6, 6.07) is 0. The summed E-state index contributed by atoms with van der Waals surface area (Å²) < 4.78 is 4.91. The second-order valence-corrected chi connectivity index (χ2v) is 3.32. The first-order chi connectivity index (χ1) is 6.29. The van der Waals surface area contributed by atoms with Crippen molar-refractivity contribution in [2.75, 3.05) is 13.1 Å². The maximum absolute atomic E-state index is 10.5. The summed E-state index contributed by atoms with van der Waals surface area (Å²) in [4.78, 5) is 12.6. The highest BCUT2D eigenvalue weighted by atomic mass is 16.3. The molecule has 0 unspecified atom stereocenters. The molecule has 0 bridgehead atoms. The Labute approximate surface area is 75.8 Å². The van der Waals surface area contributed by atoms with Crippen LogP contribution in [0.1, 0.15) is 15.9 Å². The first-order valence-electron chi connectivity index (χ1n) is 4.20. The van der Waals surface area contributed by atoms with E-state index in [2.05, 4.69) is 4.90 Å². The van der Waals surface area contributed by atoms with Crippen LogP contribution in [0, 0.1) is 0 Å². The van der Waals surface area contributed by atoms with Crippen LogP contribution in [-0.4, -0.2) is 35.5 Å². The van der Waals surface area contributed by atoms with Gasteiger partial charge < -0.3 is 9.52 Å². The SMILES string of the molecule is O=Cc1cocc1CN1CC(O)C1. The van der Waals surface area contributed by atoms with Crippen LogP contribution in [0.3, 0.4) is 0 Å². The van der Waals surface area contributed by atoms with E-state index in [1.165, 1.54) is 6.26 Å². The number of nitrogens with zero attached hydrogens (tertiary/aromatic N) is 1. The van der Waals surface area contributed by atoms with E-state index >= 15 is 0 Å². The number of aliphatic hydroxyl groups excluding tert-OH is 1. The number of carbonyl (C=O) groups excluding carboxylic acids is 1. The van der Waals surface area contributed by atoms with E-state index in [0.29, 0.717) is 25.2 Å². The number of likely N-dealkylation sites (tertiary alicyclic amines) is 1. The minimum atomic E-state index is -0.202. The van der Waals surface area contributed by atoms with Crippen LogP contribution >= 0.6 is 0 Å². The molecule has 0 spiro atoms. The molecule has 70 valence electrons. The number of rotatable bonds is 3. The number of aliphatic hydroxyl groups is 1. The highest BCUT2D eigenvalue weighted by Gasteiger charge is 2.24. The van der Waals surface area contributed by atoms with Crippen LogP contribution in [0.4, 0.5) is 0 Å². The van der Waals surface area contributed by atoms with E-state index in [0.717, 1.165) is 11.8 Å². The van der Waals surface area contributed by atoms with Gasteiger partial charge in [-0.25, -0.2) is 0 Å². The zero-order valence-corrected chi connectivity index (χ0v) is 7.14. The van der Waals surface area contributed by atoms with Crippen molar-refractivity contribution in [1.82, 2.24) is 4.90 Å². The molecule has 0 aromatic carbocycles. The third kappa shape index (κ3) is 1.64. The Balaban J connectivity index is 1.97. The first-order valence-corrected chi connectivity index (χ1v) is 4.20. The molecule has 0 saturated carbocycles. The molecule has 0 radical (unpaired) electrons. The van der Waals surface area contributed by atoms with Crippen molar-refractivity contribution >= 4 is 6.29 Å². The zero-order chi connectivity index (χ0) is 9.26. The quantitative estimate of drug-likeness (QED) is 0.680. The Morgan fingerprint density at radius 1 is 1.62 bits per heavy atom. The molecule has 1 aromatic heterocycles. The summed E-state index contributed by atoms with van der Waals surface area (Å²) in [5, 5.41) is 9.04. The van der Waals surface area contributed by atoms with Gasteiger partial charge in [0.05, 0.1) is 17.9 Å². The fourth-order valence-electron chi connectivity index (χ4n) is 1.48. The molecule has 2 rings (SSSR count). The molecule has 1 aliphatic rings. The summed E-state index contributed by atoms with van der Waals surface area (Å²) in [7, 11) is 0. The van der Waals surface area contributed by atoms with Gasteiger partial charge in [-0.15, -0.1) is 0 Å². The zero-order valence-electron chi connectivity index (χ0n) is 7.14. The van der Waals surface area contributed by atoms with Crippen LogP contribution in [-0.2, 0) is 6.54 Å². The van der Waals surface area contributed by atoms with Gasteiger partial charge in [-0.05, 0) is 0 Å². The Hall–Kier alpha value is -1.13. The Kier molecular flexibility index (Phi) is 2.16. The van der Waals surface area contributed by atoms with Gasteiger partial charge >= 0.3 is 0 Å². The summed E-state index contributed by atoms with van der Waals surface area (Å²) >= 11 is 0. The molecular formula is C9H11NO3. The van der Waals surface area contributed by atoms with Crippen molar-refractivity contribution in [3.8, 4) is 0 Å². The van der Waals surface area contributed by atoms with E-state index in [1.54, 1.807) is 6.26 Å². The highest BCUT2D eigenvalue weighted by Crippen LogP contribution is 2.15. The van der Waals surface area contributed by atoms with Crippen LogP contribution in [0.15, 0.2) is 16.9 Å². The van der Waals surface area contributed by atoms with Gasteiger partial charge in [-0.3, -0.25) is 9.69 Å². The van der Waals surface area contributed by atoms with Crippen molar-refractivity contribution in [3.63, 3.8) is 0 Å². The van der Waals surface area contributed by atoms with Crippen molar-refractivity contribution in [3.05, 3.63) is 23.7 Å². The van der Waals surface area contributed by atoms with E-state index in [-0.39, 0.29) is 6.10 Å². The maximum atomic E-state index is 10.5. The van der Waals surface area contributed by atoms with Gasteiger partial charge in [0, 0.05) is 25.2 Å². The Morgan fingerprint density at radius 3 is 3.00 bits per heavy atom. The third-order valence-corrected chi connectivity index (χ3v) is 2.23. The van der Waals surface area contributed by atoms with Gasteiger partial charge in [0.2, 0.25) is 0 Å². The highest BCUT2D eigenvalue weighted by molar-refractivity contribution is 5.76. The smallest absolute Gasteiger partial charge is 0.153 e. The summed E-state index contributed by atoms with van der Waals surface area (Å²) in [5.74, 6) is 0. The molecule has 1 N–H and O–H groups in total. The number of aldehydes is 1. The van der Waals surface area contributed by atoms with Gasteiger partial charge in [0.1, 0.15) is 6.26 Å².